The molecule has 0 radical (unpaired) electrons. The van der Waals surface area contributed by atoms with E-state index in [2.05, 4.69) is 25.7 Å². The molecule has 1 unspecified atom stereocenters. The molecule has 0 bridgehead atoms. The summed E-state index contributed by atoms with van der Waals surface area (Å²) in [6, 6.07) is 16.0. The summed E-state index contributed by atoms with van der Waals surface area (Å²) < 4.78 is 5.54. The molecule has 0 fully saturated rings. The lowest BCUT2D eigenvalue weighted by Crippen LogP contribution is -2.46. The van der Waals surface area contributed by atoms with E-state index >= 15 is 0 Å². The predicted octanol–water partition coefficient (Wildman–Crippen LogP) is 3.51. The molecule has 0 amide bonds. The number of ether oxygens (including phenoxy) is 1. The van der Waals surface area contributed by atoms with Crippen LogP contribution in [0.15, 0.2) is 48.5 Å². The number of nitro groups is 1. The average molecular weight is 383 g/mol. The monoisotopic (exact) mass is 383 g/mol. The zero-order valence-electron chi connectivity index (χ0n) is 16.3. The predicted molar refractivity (Wildman–Crippen MR) is 106 cm³/mol. The number of rotatable bonds is 8. The lowest BCUT2D eigenvalue weighted by Gasteiger charge is -2.37. The van der Waals surface area contributed by atoms with Crippen molar-refractivity contribution in [3.05, 3.63) is 69.8 Å². The van der Waals surface area contributed by atoms with E-state index in [0.29, 0.717) is 13.1 Å². The summed E-state index contributed by atoms with van der Waals surface area (Å²) in [7, 11) is 0. The van der Waals surface area contributed by atoms with E-state index in [-0.39, 0.29) is 29.1 Å². The molecule has 0 saturated heterocycles. The largest absolute Gasteiger partial charge is 0.489 e. The number of aliphatic hydroxyl groups is 1. The quantitative estimate of drug-likeness (QED) is 0.553. The smallest absolute Gasteiger partial charge is 0.290 e. The van der Waals surface area contributed by atoms with Gasteiger partial charge in [-0.1, -0.05) is 36.4 Å². The molecule has 0 aromatic heterocycles. The Hall–Kier alpha value is -2.95. The second-order valence-corrected chi connectivity index (χ2v) is 7.52. The lowest BCUT2D eigenvalue weighted by atomic mass is 10.0. The Balaban J connectivity index is 2.06. The minimum atomic E-state index is -0.825. The van der Waals surface area contributed by atoms with Crippen LogP contribution < -0.4 is 4.74 Å². The third kappa shape index (κ3) is 5.78. The van der Waals surface area contributed by atoms with Crippen LogP contribution in [0.2, 0.25) is 0 Å². The summed E-state index contributed by atoms with van der Waals surface area (Å²) in [5.74, 6) is 0.0983. The number of hydrogen-bond acceptors (Lipinski definition) is 6. The van der Waals surface area contributed by atoms with Gasteiger partial charge in [0.1, 0.15) is 24.5 Å². The first-order chi connectivity index (χ1) is 13.2. The van der Waals surface area contributed by atoms with Crippen LogP contribution in [0.1, 0.15) is 31.9 Å². The first-order valence-electron chi connectivity index (χ1n) is 8.99. The van der Waals surface area contributed by atoms with Crippen molar-refractivity contribution in [3.63, 3.8) is 0 Å². The first kappa shape index (κ1) is 21.4. The van der Waals surface area contributed by atoms with Gasteiger partial charge in [-0.2, -0.15) is 5.26 Å². The second kappa shape index (κ2) is 9.31. The molecule has 2 aromatic rings. The highest BCUT2D eigenvalue weighted by Crippen LogP contribution is 2.27. The van der Waals surface area contributed by atoms with Gasteiger partial charge in [0.25, 0.3) is 5.69 Å². The lowest BCUT2D eigenvalue weighted by molar-refractivity contribution is -0.385. The van der Waals surface area contributed by atoms with Gasteiger partial charge < -0.3 is 9.84 Å². The Morgan fingerprint density at radius 1 is 1.21 bits per heavy atom. The van der Waals surface area contributed by atoms with Gasteiger partial charge in [-0.25, -0.2) is 0 Å². The molecule has 2 rings (SSSR count). The van der Waals surface area contributed by atoms with Crippen LogP contribution in [-0.4, -0.2) is 39.7 Å². The third-order valence-electron chi connectivity index (χ3n) is 4.34. The van der Waals surface area contributed by atoms with E-state index in [1.807, 2.05) is 36.4 Å². The van der Waals surface area contributed by atoms with Gasteiger partial charge >= 0.3 is 0 Å². The SMILES string of the molecule is CC(C)(C)N(Cc1ccccc1)CC(O)COc1cccc([N+](=O)[O-])c1C#N. The third-order valence-corrected chi connectivity index (χ3v) is 4.34. The molecule has 2 aromatic carbocycles. The van der Waals surface area contributed by atoms with Gasteiger partial charge in [-0.15, -0.1) is 0 Å². The number of nitro benzene ring substituents is 1. The molecule has 7 heteroatoms. The first-order valence-corrected chi connectivity index (χ1v) is 8.99. The van der Waals surface area contributed by atoms with Crippen molar-refractivity contribution >= 4 is 5.69 Å². The molecule has 28 heavy (non-hydrogen) atoms. The number of nitriles is 1. The Labute approximate surface area is 164 Å². The van der Waals surface area contributed by atoms with E-state index in [0.717, 1.165) is 5.56 Å². The van der Waals surface area contributed by atoms with Crippen molar-refractivity contribution in [2.75, 3.05) is 13.2 Å². The number of benzene rings is 2. The van der Waals surface area contributed by atoms with Crippen molar-refractivity contribution < 1.29 is 14.8 Å². The Morgan fingerprint density at radius 2 is 1.89 bits per heavy atom. The van der Waals surface area contributed by atoms with E-state index in [9.17, 15) is 20.5 Å². The van der Waals surface area contributed by atoms with Crippen LogP contribution in [0.5, 0.6) is 5.75 Å². The van der Waals surface area contributed by atoms with E-state index in [1.54, 1.807) is 0 Å². The van der Waals surface area contributed by atoms with Crippen LogP contribution in [-0.2, 0) is 6.54 Å². The Kier molecular flexibility index (Phi) is 7.10. The van der Waals surface area contributed by atoms with Crippen molar-refractivity contribution in [2.45, 2.75) is 39.0 Å². The van der Waals surface area contributed by atoms with Gasteiger partial charge in [-0.05, 0) is 32.4 Å². The highest BCUT2D eigenvalue weighted by atomic mass is 16.6. The molecule has 0 saturated carbocycles. The zero-order chi connectivity index (χ0) is 20.7. The zero-order valence-corrected chi connectivity index (χ0v) is 16.3. The van der Waals surface area contributed by atoms with Crippen LogP contribution >= 0.6 is 0 Å². The van der Waals surface area contributed by atoms with Crippen LogP contribution in [0.25, 0.3) is 0 Å². The standard InChI is InChI=1S/C21H25N3O4/c1-21(2,3)23(13-16-8-5-4-6-9-16)14-17(25)15-28-20-11-7-10-19(24(26)27)18(20)12-22/h4-11,17,25H,13-15H2,1-3H3. The molecular formula is C21H25N3O4. The summed E-state index contributed by atoms with van der Waals surface area (Å²) in [6.45, 7) is 7.15. The molecule has 0 aliphatic heterocycles. The molecule has 7 nitrogen and oxygen atoms in total. The Bertz CT molecular complexity index is 841. The molecule has 0 aliphatic carbocycles. The fourth-order valence-electron chi connectivity index (χ4n) is 2.78. The molecule has 148 valence electrons. The average Bonchev–Trinajstić information content (AvgIpc) is 2.65. The normalized spacial score (nSPS) is 12.4. The second-order valence-electron chi connectivity index (χ2n) is 7.52. The van der Waals surface area contributed by atoms with Crippen LogP contribution in [0.3, 0.4) is 0 Å². The summed E-state index contributed by atoms with van der Waals surface area (Å²) >= 11 is 0. The van der Waals surface area contributed by atoms with Gasteiger partial charge in [0.2, 0.25) is 0 Å². The summed E-state index contributed by atoms with van der Waals surface area (Å²) in [5, 5.41) is 30.7. The van der Waals surface area contributed by atoms with Gasteiger partial charge in [-0.3, -0.25) is 15.0 Å². The molecule has 0 spiro atoms. The molecule has 1 N–H and O–H groups in total. The maximum atomic E-state index is 11.0. The van der Waals surface area contributed by atoms with Gasteiger partial charge in [0, 0.05) is 24.7 Å². The number of nitrogens with zero attached hydrogens (tertiary/aromatic N) is 3. The minimum absolute atomic E-state index is 0.0722. The van der Waals surface area contributed by atoms with Crippen LogP contribution in [0, 0.1) is 21.4 Å². The number of hydrogen-bond donors (Lipinski definition) is 1. The molecule has 0 heterocycles. The van der Waals surface area contributed by atoms with Crippen molar-refractivity contribution in [1.29, 1.82) is 5.26 Å². The van der Waals surface area contributed by atoms with Crippen molar-refractivity contribution in [3.8, 4) is 11.8 Å². The maximum Gasteiger partial charge on any atom is 0.290 e. The van der Waals surface area contributed by atoms with E-state index in [1.165, 1.54) is 18.2 Å². The van der Waals surface area contributed by atoms with Crippen LogP contribution in [0.4, 0.5) is 5.69 Å². The number of β-amino-alcohol motifs (C(OH)–C–C–N with tert-alkyl or cyclic N) is 1. The maximum absolute atomic E-state index is 11.0. The summed E-state index contributed by atoms with van der Waals surface area (Å²) in [4.78, 5) is 12.6. The highest BCUT2D eigenvalue weighted by molar-refractivity contribution is 5.56. The fraction of sp³-hybridized carbons (Fsp3) is 0.381. The fourth-order valence-corrected chi connectivity index (χ4v) is 2.78. The molecule has 1 atom stereocenters. The topological polar surface area (TPSA) is 99.6 Å². The van der Waals surface area contributed by atoms with Gasteiger partial charge in [0.15, 0.2) is 5.56 Å². The minimum Gasteiger partial charge on any atom is -0.489 e. The summed E-state index contributed by atoms with van der Waals surface area (Å²) in [6.07, 6.45) is -0.825. The van der Waals surface area contributed by atoms with Crippen molar-refractivity contribution in [1.82, 2.24) is 4.90 Å². The molecular weight excluding hydrogens is 358 g/mol. The van der Waals surface area contributed by atoms with Gasteiger partial charge in [0.05, 0.1) is 4.92 Å². The Morgan fingerprint density at radius 3 is 2.46 bits per heavy atom. The highest BCUT2D eigenvalue weighted by Gasteiger charge is 2.25. The molecule has 0 aliphatic rings. The summed E-state index contributed by atoms with van der Waals surface area (Å²) in [5.41, 5.74) is 0.503. The van der Waals surface area contributed by atoms with Crippen molar-refractivity contribution in [2.24, 2.45) is 0 Å². The number of aliphatic hydroxyl groups excluding tert-OH is 1. The van der Waals surface area contributed by atoms with E-state index < -0.39 is 11.0 Å². The van der Waals surface area contributed by atoms with E-state index in [4.69, 9.17) is 4.74 Å².